The number of nitrogens with zero attached hydrogens (tertiary/aromatic N) is 1. The highest BCUT2D eigenvalue weighted by Crippen LogP contribution is 2.36. The van der Waals surface area contributed by atoms with Gasteiger partial charge < -0.3 is 10.2 Å². The molecule has 0 bridgehead atoms. The zero-order valence-corrected chi connectivity index (χ0v) is 8.31. The van der Waals surface area contributed by atoms with Crippen LogP contribution in [0.5, 0.6) is 0 Å². The van der Waals surface area contributed by atoms with Crippen molar-refractivity contribution in [2.24, 2.45) is 5.41 Å². The van der Waals surface area contributed by atoms with Gasteiger partial charge in [0.15, 0.2) is 0 Å². The second-order valence-corrected chi connectivity index (χ2v) is 4.37. The Balaban J connectivity index is 2.05. The molecule has 0 aromatic rings. The first-order chi connectivity index (χ1) is 6.26. The molecule has 0 radical (unpaired) electrons. The summed E-state index contributed by atoms with van der Waals surface area (Å²) in [5, 5.41) is 3.40. The van der Waals surface area contributed by atoms with Crippen LogP contribution in [0.4, 0.5) is 0 Å². The predicted molar refractivity (Wildman–Crippen MR) is 51.4 cm³/mol. The Labute approximate surface area is 79.5 Å². The third-order valence-corrected chi connectivity index (χ3v) is 3.35. The number of piperidine rings is 1. The summed E-state index contributed by atoms with van der Waals surface area (Å²) >= 11 is 0. The Kier molecular flexibility index (Phi) is 2.28. The second-order valence-electron chi connectivity index (χ2n) is 4.37. The normalized spacial score (nSPS) is 34.5. The molecule has 74 valence electrons. The van der Waals surface area contributed by atoms with E-state index >= 15 is 0 Å². The predicted octanol–water partition coefficient (Wildman–Crippen LogP) is 0.608. The van der Waals surface area contributed by atoms with Gasteiger partial charge in [-0.15, -0.1) is 0 Å². The van der Waals surface area contributed by atoms with Crippen LogP contribution in [0.2, 0.25) is 0 Å². The van der Waals surface area contributed by atoms with Gasteiger partial charge in [-0.3, -0.25) is 4.79 Å². The Morgan fingerprint density at radius 3 is 3.00 bits per heavy atom. The zero-order valence-electron chi connectivity index (χ0n) is 8.31. The first-order valence-electron chi connectivity index (χ1n) is 5.24. The molecule has 2 heterocycles. The number of nitrogens with one attached hydrogen (secondary N) is 1. The van der Waals surface area contributed by atoms with E-state index in [2.05, 4.69) is 12.2 Å². The maximum Gasteiger partial charge on any atom is 0.223 e. The number of hydrogen-bond acceptors (Lipinski definition) is 2. The van der Waals surface area contributed by atoms with Gasteiger partial charge in [0.05, 0.1) is 0 Å². The van der Waals surface area contributed by atoms with Crippen LogP contribution in [0, 0.1) is 5.41 Å². The molecular weight excluding hydrogens is 164 g/mol. The summed E-state index contributed by atoms with van der Waals surface area (Å²) in [5.74, 6) is 0.353. The van der Waals surface area contributed by atoms with Crippen LogP contribution in [-0.4, -0.2) is 37.0 Å². The topological polar surface area (TPSA) is 32.3 Å². The minimum Gasteiger partial charge on any atom is -0.342 e. The standard InChI is InChI=1S/C10H18N2O/c1-2-12-8-10(6-9(12)13)4-3-5-11-7-10/h11H,2-8H2,1H3. The van der Waals surface area contributed by atoms with Crippen LogP contribution in [0.1, 0.15) is 26.2 Å². The number of hydrogen-bond donors (Lipinski definition) is 1. The van der Waals surface area contributed by atoms with Crippen molar-refractivity contribution in [3.8, 4) is 0 Å². The Hall–Kier alpha value is -0.570. The smallest absolute Gasteiger partial charge is 0.223 e. The van der Waals surface area contributed by atoms with E-state index in [-0.39, 0.29) is 5.41 Å². The maximum atomic E-state index is 11.6. The van der Waals surface area contributed by atoms with Gasteiger partial charge in [-0.2, -0.15) is 0 Å². The van der Waals surface area contributed by atoms with Gasteiger partial charge in [0, 0.05) is 31.5 Å². The number of carbonyl (C=O) groups excluding carboxylic acids is 1. The van der Waals surface area contributed by atoms with Crippen molar-refractivity contribution >= 4 is 5.91 Å². The van der Waals surface area contributed by atoms with Crippen molar-refractivity contribution in [1.29, 1.82) is 0 Å². The van der Waals surface area contributed by atoms with Crippen molar-refractivity contribution in [1.82, 2.24) is 10.2 Å². The fourth-order valence-corrected chi connectivity index (χ4v) is 2.59. The van der Waals surface area contributed by atoms with Gasteiger partial charge >= 0.3 is 0 Å². The van der Waals surface area contributed by atoms with Crippen molar-refractivity contribution in [3.05, 3.63) is 0 Å². The lowest BCUT2D eigenvalue weighted by molar-refractivity contribution is -0.127. The first kappa shape index (κ1) is 9.00. The summed E-state index contributed by atoms with van der Waals surface area (Å²) in [5.41, 5.74) is 0.283. The van der Waals surface area contributed by atoms with E-state index in [4.69, 9.17) is 0 Å². The van der Waals surface area contributed by atoms with E-state index in [1.807, 2.05) is 4.90 Å². The number of carbonyl (C=O) groups is 1. The van der Waals surface area contributed by atoms with Crippen molar-refractivity contribution in [2.45, 2.75) is 26.2 Å². The molecule has 13 heavy (non-hydrogen) atoms. The Morgan fingerprint density at radius 2 is 2.46 bits per heavy atom. The molecule has 2 rings (SSSR count). The van der Waals surface area contributed by atoms with Gasteiger partial charge in [0.25, 0.3) is 0 Å². The third kappa shape index (κ3) is 1.57. The average Bonchev–Trinajstić information content (AvgIpc) is 2.44. The molecule has 3 nitrogen and oxygen atoms in total. The molecule has 2 saturated heterocycles. The highest BCUT2D eigenvalue weighted by atomic mass is 16.2. The first-order valence-corrected chi connectivity index (χ1v) is 5.24. The molecule has 2 aliphatic heterocycles. The molecular formula is C10H18N2O. The number of amides is 1. The SMILES string of the molecule is CCN1CC2(CCCNC2)CC1=O. The quantitative estimate of drug-likeness (QED) is 0.644. The summed E-state index contributed by atoms with van der Waals surface area (Å²) in [6.45, 7) is 6.08. The Morgan fingerprint density at radius 1 is 1.62 bits per heavy atom. The van der Waals surface area contributed by atoms with Crippen LogP contribution in [0.25, 0.3) is 0 Å². The van der Waals surface area contributed by atoms with Gasteiger partial charge in [-0.1, -0.05) is 0 Å². The minimum atomic E-state index is 0.283. The summed E-state index contributed by atoms with van der Waals surface area (Å²) in [6, 6.07) is 0. The molecule has 1 atom stereocenters. The molecule has 1 unspecified atom stereocenters. The molecule has 2 aliphatic rings. The van der Waals surface area contributed by atoms with Crippen LogP contribution in [0.3, 0.4) is 0 Å². The monoisotopic (exact) mass is 182 g/mol. The Bertz CT molecular complexity index is 209. The largest absolute Gasteiger partial charge is 0.342 e. The summed E-state index contributed by atoms with van der Waals surface area (Å²) in [4.78, 5) is 13.6. The molecule has 0 saturated carbocycles. The van der Waals surface area contributed by atoms with Gasteiger partial charge in [-0.05, 0) is 26.3 Å². The highest BCUT2D eigenvalue weighted by molar-refractivity contribution is 5.79. The maximum absolute atomic E-state index is 11.6. The summed E-state index contributed by atoms with van der Waals surface area (Å²) in [6.07, 6.45) is 3.22. The second kappa shape index (κ2) is 3.29. The summed E-state index contributed by atoms with van der Waals surface area (Å²) in [7, 11) is 0. The number of rotatable bonds is 1. The highest BCUT2D eigenvalue weighted by Gasteiger charge is 2.42. The molecule has 1 amide bonds. The van der Waals surface area contributed by atoms with Crippen LogP contribution in [-0.2, 0) is 4.79 Å². The van der Waals surface area contributed by atoms with E-state index in [0.29, 0.717) is 5.91 Å². The van der Waals surface area contributed by atoms with Crippen molar-refractivity contribution in [2.75, 3.05) is 26.2 Å². The van der Waals surface area contributed by atoms with E-state index < -0.39 is 0 Å². The van der Waals surface area contributed by atoms with Crippen LogP contribution in [0.15, 0.2) is 0 Å². The van der Waals surface area contributed by atoms with Crippen molar-refractivity contribution in [3.63, 3.8) is 0 Å². The fraction of sp³-hybridized carbons (Fsp3) is 0.900. The van der Waals surface area contributed by atoms with E-state index in [1.54, 1.807) is 0 Å². The lowest BCUT2D eigenvalue weighted by Crippen LogP contribution is -2.41. The lowest BCUT2D eigenvalue weighted by atomic mass is 9.80. The average molecular weight is 182 g/mol. The zero-order chi connectivity index (χ0) is 9.31. The molecule has 0 aromatic carbocycles. The van der Waals surface area contributed by atoms with Crippen LogP contribution < -0.4 is 5.32 Å². The van der Waals surface area contributed by atoms with Gasteiger partial charge in [0.2, 0.25) is 5.91 Å². The van der Waals surface area contributed by atoms with E-state index in [9.17, 15) is 4.79 Å². The van der Waals surface area contributed by atoms with Crippen LogP contribution >= 0.6 is 0 Å². The lowest BCUT2D eigenvalue weighted by Gasteiger charge is -2.33. The molecule has 3 heteroatoms. The van der Waals surface area contributed by atoms with E-state index in [1.165, 1.54) is 12.8 Å². The fourth-order valence-electron chi connectivity index (χ4n) is 2.59. The molecule has 1 spiro atoms. The molecule has 2 fully saturated rings. The van der Waals surface area contributed by atoms with Gasteiger partial charge in [0.1, 0.15) is 0 Å². The van der Waals surface area contributed by atoms with Gasteiger partial charge in [-0.25, -0.2) is 0 Å². The molecule has 0 aliphatic carbocycles. The molecule has 1 N–H and O–H groups in total. The minimum absolute atomic E-state index is 0.283. The third-order valence-electron chi connectivity index (χ3n) is 3.35. The molecule has 0 aromatic heterocycles. The number of likely N-dealkylation sites (tertiary alicyclic amines) is 1. The van der Waals surface area contributed by atoms with Crippen molar-refractivity contribution < 1.29 is 4.79 Å². The van der Waals surface area contributed by atoms with E-state index in [0.717, 1.165) is 32.6 Å². The summed E-state index contributed by atoms with van der Waals surface area (Å²) < 4.78 is 0.